The van der Waals surface area contributed by atoms with Crippen LogP contribution in [0, 0.1) is 5.82 Å². The summed E-state index contributed by atoms with van der Waals surface area (Å²) in [6.45, 7) is 3.06. The van der Waals surface area contributed by atoms with Crippen LogP contribution in [-0.4, -0.2) is 69.7 Å². The summed E-state index contributed by atoms with van der Waals surface area (Å²) in [5, 5.41) is 5.86. The molecular weight excluding hydrogens is 359 g/mol. The van der Waals surface area contributed by atoms with E-state index in [2.05, 4.69) is 10.6 Å². The van der Waals surface area contributed by atoms with Gasteiger partial charge in [-0.3, -0.25) is 4.79 Å². The Labute approximate surface area is 153 Å². The number of carbonyl (C=O) groups is 1. The molecule has 9 heteroatoms. The maximum absolute atomic E-state index is 13.1. The third kappa shape index (κ3) is 4.72. The Balaban J connectivity index is 1.49. The van der Waals surface area contributed by atoms with Crippen LogP contribution in [0.2, 0.25) is 0 Å². The number of carbonyl (C=O) groups excluding carboxylic acids is 1. The van der Waals surface area contributed by atoms with Gasteiger partial charge in [-0.25, -0.2) is 17.1 Å². The Morgan fingerprint density at radius 2 is 1.88 bits per heavy atom. The summed E-state index contributed by atoms with van der Waals surface area (Å²) in [7, 11) is -3.29. The molecule has 0 radical (unpaired) electrons. The normalized spacial score (nSPS) is 21.7. The van der Waals surface area contributed by atoms with Crippen molar-refractivity contribution in [1.29, 1.82) is 0 Å². The summed E-state index contributed by atoms with van der Waals surface area (Å²) in [6, 6.07) is 5.75. The third-order valence-electron chi connectivity index (χ3n) is 4.80. The second-order valence-electron chi connectivity index (χ2n) is 6.64. The van der Waals surface area contributed by atoms with Gasteiger partial charge in [0.15, 0.2) is 0 Å². The van der Waals surface area contributed by atoms with Crippen LogP contribution in [0.5, 0.6) is 0 Å². The Kier molecular flexibility index (Phi) is 6.10. The lowest BCUT2D eigenvalue weighted by Crippen LogP contribution is -2.57. The highest BCUT2D eigenvalue weighted by molar-refractivity contribution is 7.89. The van der Waals surface area contributed by atoms with Crippen LogP contribution >= 0.6 is 0 Å². The predicted molar refractivity (Wildman–Crippen MR) is 98.0 cm³/mol. The zero-order valence-electron chi connectivity index (χ0n) is 14.7. The monoisotopic (exact) mass is 384 g/mol. The molecule has 2 aliphatic heterocycles. The summed E-state index contributed by atoms with van der Waals surface area (Å²) in [5.74, 6) is -0.585. The van der Waals surface area contributed by atoms with Crippen molar-refractivity contribution < 1.29 is 17.6 Å². The van der Waals surface area contributed by atoms with E-state index in [1.54, 1.807) is 12.1 Å². The second-order valence-corrected chi connectivity index (χ2v) is 8.73. The van der Waals surface area contributed by atoms with Gasteiger partial charge in [0.1, 0.15) is 11.9 Å². The number of rotatable bonds is 6. The van der Waals surface area contributed by atoms with Gasteiger partial charge in [0.05, 0.1) is 5.75 Å². The topological polar surface area (TPSA) is 81.8 Å². The fourth-order valence-electron chi connectivity index (χ4n) is 3.33. The number of anilines is 1. The van der Waals surface area contributed by atoms with Crippen LogP contribution < -0.4 is 15.5 Å². The van der Waals surface area contributed by atoms with Gasteiger partial charge in [-0.05, 0) is 37.1 Å². The molecular formula is C17H25FN4O3S. The molecule has 2 saturated heterocycles. The lowest BCUT2D eigenvalue weighted by atomic mass is 10.1. The van der Waals surface area contributed by atoms with Crippen molar-refractivity contribution in [2.75, 3.05) is 49.9 Å². The average molecular weight is 384 g/mol. The minimum atomic E-state index is -3.29. The molecule has 7 nitrogen and oxygen atoms in total. The number of nitrogens with zero attached hydrogens (tertiary/aromatic N) is 2. The molecule has 0 unspecified atom stereocenters. The van der Waals surface area contributed by atoms with E-state index in [0.29, 0.717) is 26.2 Å². The lowest BCUT2D eigenvalue weighted by Gasteiger charge is -2.34. The predicted octanol–water partition coefficient (Wildman–Crippen LogP) is 0.146. The van der Waals surface area contributed by atoms with Crippen LogP contribution in [0.4, 0.5) is 10.1 Å². The van der Waals surface area contributed by atoms with Crippen molar-refractivity contribution in [3.05, 3.63) is 30.1 Å². The Bertz CT molecular complexity index is 720. The van der Waals surface area contributed by atoms with Gasteiger partial charge in [-0.1, -0.05) is 0 Å². The van der Waals surface area contributed by atoms with Crippen LogP contribution in [-0.2, 0) is 14.8 Å². The van der Waals surface area contributed by atoms with Crippen molar-refractivity contribution in [2.24, 2.45) is 0 Å². The van der Waals surface area contributed by atoms with E-state index in [1.807, 2.05) is 4.90 Å². The van der Waals surface area contributed by atoms with Crippen LogP contribution in [0.15, 0.2) is 24.3 Å². The molecule has 1 aromatic carbocycles. The van der Waals surface area contributed by atoms with Crippen LogP contribution in [0.1, 0.15) is 12.8 Å². The molecule has 2 aliphatic rings. The smallest absolute Gasteiger partial charge is 0.239 e. The molecule has 0 spiro atoms. The van der Waals surface area contributed by atoms with Gasteiger partial charge < -0.3 is 15.5 Å². The Morgan fingerprint density at radius 1 is 1.19 bits per heavy atom. The second kappa shape index (κ2) is 8.32. The minimum Gasteiger partial charge on any atom is -0.368 e. The lowest BCUT2D eigenvalue weighted by molar-refractivity contribution is -0.123. The molecule has 0 saturated carbocycles. The summed E-state index contributed by atoms with van der Waals surface area (Å²) in [4.78, 5) is 14.4. The van der Waals surface area contributed by atoms with E-state index in [-0.39, 0.29) is 24.0 Å². The van der Waals surface area contributed by atoms with Gasteiger partial charge in [-0.15, -0.1) is 0 Å². The number of nitrogens with one attached hydrogen (secondary N) is 2. The molecule has 1 aromatic rings. The molecule has 1 amide bonds. The first kappa shape index (κ1) is 19.1. The number of halogens is 1. The van der Waals surface area contributed by atoms with E-state index in [1.165, 1.54) is 16.4 Å². The average Bonchev–Trinajstić information content (AvgIpc) is 3.18. The minimum absolute atomic E-state index is 0.0763. The first-order valence-corrected chi connectivity index (χ1v) is 10.6. The van der Waals surface area contributed by atoms with E-state index in [4.69, 9.17) is 0 Å². The highest BCUT2D eigenvalue weighted by Gasteiger charge is 2.27. The number of piperazine rings is 1. The maximum Gasteiger partial charge on any atom is 0.239 e. The van der Waals surface area contributed by atoms with Gasteiger partial charge in [0, 0.05) is 45.0 Å². The van der Waals surface area contributed by atoms with Crippen molar-refractivity contribution in [1.82, 2.24) is 14.9 Å². The first-order chi connectivity index (χ1) is 12.5. The maximum atomic E-state index is 13.1. The molecule has 1 atom stereocenters. The highest BCUT2D eigenvalue weighted by atomic mass is 32.2. The zero-order chi connectivity index (χ0) is 18.6. The number of amides is 1. The SMILES string of the molecule is O=C(NCCS(=O)(=O)N1CCCC1)[C@H]1CN(c2ccc(F)cc2)CCN1. The van der Waals surface area contributed by atoms with Crippen molar-refractivity contribution in [2.45, 2.75) is 18.9 Å². The van der Waals surface area contributed by atoms with Gasteiger partial charge in [0.25, 0.3) is 0 Å². The van der Waals surface area contributed by atoms with Crippen LogP contribution in [0.3, 0.4) is 0 Å². The molecule has 0 bridgehead atoms. The van der Waals surface area contributed by atoms with Crippen molar-refractivity contribution in [3.63, 3.8) is 0 Å². The van der Waals surface area contributed by atoms with Gasteiger partial charge in [-0.2, -0.15) is 0 Å². The zero-order valence-corrected chi connectivity index (χ0v) is 15.5. The van der Waals surface area contributed by atoms with Crippen molar-refractivity contribution in [3.8, 4) is 0 Å². The number of hydrogen-bond donors (Lipinski definition) is 2. The van der Waals surface area contributed by atoms with E-state index < -0.39 is 16.1 Å². The molecule has 2 N–H and O–H groups in total. The molecule has 3 rings (SSSR count). The summed E-state index contributed by atoms with van der Waals surface area (Å²) < 4.78 is 38.9. The molecule has 2 fully saturated rings. The molecule has 2 heterocycles. The number of hydrogen-bond acceptors (Lipinski definition) is 5. The molecule has 0 aromatic heterocycles. The molecule has 26 heavy (non-hydrogen) atoms. The van der Waals surface area contributed by atoms with E-state index >= 15 is 0 Å². The fraction of sp³-hybridized carbons (Fsp3) is 0.588. The molecule has 0 aliphatic carbocycles. The van der Waals surface area contributed by atoms with Gasteiger partial charge >= 0.3 is 0 Å². The Morgan fingerprint density at radius 3 is 2.58 bits per heavy atom. The van der Waals surface area contributed by atoms with Crippen molar-refractivity contribution >= 4 is 21.6 Å². The van der Waals surface area contributed by atoms with E-state index in [9.17, 15) is 17.6 Å². The Hall–Kier alpha value is -1.71. The van der Waals surface area contributed by atoms with Gasteiger partial charge in [0.2, 0.25) is 15.9 Å². The standard InChI is InChI=1S/C17H25FN4O3S/c18-14-3-5-15(6-4-14)21-11-7-19-16(13-21)17(23)20-8-12-26(24,25)22-9-1-2-10-22/h3-6,16,19H,1-2,7-13H2,(H,20,23)/t16-/m1/s1. The first-order valence-electron chi connectivity index (χ1n) is 8.95. The number of benzene rings is 1. The largest absolute Gasteiger partial charge is 0.368 e. The summed E-state index contributed by atoms with van der Waals surface area (Å²) >= 11 is 0. The third-order valence-corrected chi connectivity index (χ3v) is 6.67. The van der Waals surface area contributed by atoms with E-state index in [0.717, 1.165) is 25.1 Å². The summed E-state index contributed by atoms with van der Waals surface area (Å²) in [6.07, 6.45) is 1.80. The van der Waals surface area contributed by atoms with Crippen LogP contribution in [0.25, 0.3) is 0 Å². The quantitative estimate of drug-likeness (QED) is 0.730. The summed E-state index contributed by atoms with van der Waals surface area (Å²) in [5.41, 5.74) is 0.863. The fourth-order valence-corrected chi connectivity index (χ4v) is 4.77. The highest BCUT2D eigenvalue weighted by Crippen LogP contribution is 2.16. The molecule has 144 valence electrons. The number of sulfonamides is 1.